The minimum Gasteiger partial charge on any atom is -1.00 e. The summed E-state index contributed by atoms with van der Waals surface area (Å²) < 4.78 is 25.1. The van der Waals surface area contributed by atoms with Gasteiger partial charge in [-0.2, -0.15) is 0 Å². The number of carbonyl (C=O) groups is 1. The summed E-state index contributed by atoms with van der Waals surface area (Å²) >= 11 is 0. The van der Waals surface area contributed by atoms with Crippen LogP contribution in [-0.2, 0) is 18.9 Å². The number of nitrogens with zero attached hydrogens (tertiary/aromatic N) is 1. The number of nitrogens with one attached hydrogen (secondary N) is 1. The van der Waals surface area contributed by atoms with Crippen LogP contribution < -0.4 is 29.3 Å². The zero-order valence-corrected chi connectivity index (χ0v) is 23.4. The molecule has 4 fully saturated rings. The van der Waals surface area contributed by atoms with E-state index in [9.17, 15) is 4.79 Å². The molecule has 1 amide bonds. The number of alkyl carbamates (subject to hydrolysis) is 1. The Labute approximate surface area is 216 Å². The van der Waals surface area contributed by atoms with Gasteiger partial charge in [0, 0.05) is 32.9 Å². The molecule has 7 nitrogen and oxygen atoms in total. The van der Waals surface area contributed by atoms with Crippen molar-refractivity contribution in [3.8, 4) is 0 Å². The number of halogens is 1. The number of methoxy groups -OCH3 is 1. The van der Waals surface area contributed by atoms with Crippen LogP contribution in [0.4, 0.5) is 4.79 Å². The lowest BCUT2D eigenvalue weighted by Gasteiger charge is -2.42. The van der Waals surface area contributed by atoms with Crippen molar-refractivity contribution in [1.82, 2.24) is 5.32 Å². The summed E-state index contributed by atoms with van der Waals surface area (Å²) in [5, 5.41) is 2.99. The minimum atomic E-state index is -0.338. The lowest BCUT2D eigenvalue weighted by atomic mass is 9.68. The zero-order chi connectivity index (χ0) is 23.1. The zero-order valence-electron chi connectivity index (χ0n) is 21.2. The number of ether oxygens (including phenoxy) is 4. The van der Waals surface area contributed by atoms with Crippen molar-refractivity contribution in [2.75, 3.05) is 40.9 Å². The monoisotopic (exact) mass is 578 g/mol. The first-order valence-corrected chi connectivity index (χ1v) is 12.4. The van der Waals surface area contributed by atoms with Crippen molar-refractivity contribution in [2.45, 2.75) is 94.9 Å². The highest BCUT2D eigenvalue weighted by Crippen LogP contribution is 2.59. The highest BCUT2D eigenvalue weighted by Gasteiger charge is 2.72. The SMILES string of the molecule is CO[C@@H]1[C@H](OC(=O)NCCC2CCC[N+]2(C)C)CC[C@]2(CO2)[C@H]1[C@@]1(C)O[C@@H]1CC=C(C)C.[I-]. The number of quaternary nitrogens is 1. The molecule has 1 aliphatic carbocycles. The average molecular weight is 579 g/mol. The van der Waals surface area contributed by atoms with Crippen molar-refractivity contribution in [1.29, 1.82) is 0 Å². The molecule has 3 heterocycles. The number of amides is 1. The molecule has 7 atom stereocenters. The van der Waals surface area contributed by atoms with Crippen molar-refractivity contribution in [2.24, 2.45) is 5.92 Å². The lowest BCUT2D eigenvalue weighted by Crippen LogP contribution is -3.00. The van der Waals surface area contributed by atoms with E-state index in [1.807, 2.05) is 0 Å². The Hall–Kier alpha value is -0.420. The van der Waals surface area contributed by atoms with Crippen molar-refractivity contribution >= 4 is 6.09 Å². The number of carbonyl (C=O) groups excluding carboxylic acids is 1. The molecule has 0 aromatic heterocycles. The third-order valence-corrected chi connectivity index (χ3v) is 8.50. The van der Waals surface area contributed by atoms with Crippen molar-refractivity contribution < 1.29 is 52.2 Å². The molecular weight excluding hydrogens is 535 g/mol. The van der Waals surface area contributed by atoms with Gasteiger partial charge in [-0.05, 0) is 40.0 Å². The largest absolute Gasteiger partial charge is 1.00 e. The van der Waals surface area contributed by atoms with Gasteiger partial charge in [0.05, 0.1) is 45.3 Å². The Morgan fingerprint density at radius 3 is 2.58 bits per heavy atom. The van der Waals surface area contributed by atoms with Gasteiger partial charge in [0.1, 0.15) is 23.4 Å². The fourth-order valence-corrected chi connectivity index (χ4v) is 6.35. The Kier molecular flexibility index (Phi) is 8.47. The Morgan fingerprint density at radius 1 is 1.27 bits per heavy atom. The fourth-order valence-electron chi connectivity index (χ4n) is 6.35. The van der Waals surface area contributed by atoms with Gasteiger partial charge in [0.15, 0.2) is 0 Å². The summed E-state index contributed by atoms with van der Waals surface area (Å²) in [4.78, 5) is 12.6. The van der Waals surface area contributed by atoms with Gasteiger partial charge in [-0.1, -0.05) is 11.6 Å². The van der Waals surface area contributed by atoms with Crippen LogP contribution in [-0.4, -0.2) is 87.0 Å². The van der Waals surface area contributed by atoms with Gasteiger partial charge in [0.2, 0.25) is 0 Å². The predicted molar refractivity (Wildman–Crippen MR) is 122 cm³/mol. The van der Waals surface area contributed by atoms with E-state index in [-0.39, 0.29) is 65.5 Å². The van der Waals surface area contributed by atoms with Gasteiger partial charge < -0.3 is 52.7 Å². The first-order chi connectivity index (χ1) is 15.1. The van der Waals surface area contributed by atoms with Crippen LogP contribution >= 0.6 is 0 Å². The molecule has 4 aliphatic rings. The number of epoxide rings is 2. The third kappa shape index (κ3) is 5.71. The molecule has 0 aromatic carbocycles. The molecule has 33 heavy (non-hydrogen) atoms. The van der Waals surface area contributed by atoms with E-state index < -0.39 is 0 Å². The summed E-state index contributed by atoms with van der Waals surface area (Å²) in [6, 6.07) is 0.609. The lowest BCUT2D eigenvalue weighted by molar-refractivity contribution is -0.902. The smallest absolute Gasteiger partial charge is 0.407 e. The fraction of sp³-hybridized carbons (Fsp3) is 0.880. The topological polar surface area (TPSA) is 72.6 Å². The molecule has 1 spiro atoms. The molecule has 190 valence electrons. The minimum absolute atomic E-state index is 0. The van der Waals surface area contributed by atoms with E-state index >= 15 is 0 Å². The summed E-state index contributed by atoms with van der Waals surface area (Å²) in [7, 11) is 6.27. The molecule has 1 saturated carbocycles. The molecule has 3 saturated heterocycles. The molecule has 8 heteroatoms. The predicted octanol–water partition coefficient (Wildman–Crippen LogP) is 0.422. The van der Waals surface area contributed by atoms with Gasteiger partial charge in [-0.25, -0.2) is 4.79 Å². The van der Waals surface area contributed by atoms with E-state index in [1.165, 1.54) is 25.0 Å². The summed E-state index contributed by atoms with van der Waals surface area (Å²) in [5.74, 6) is 0.0544. The van der Waals surface area contributed by atoms with Gasteiger partial charge >= 0.3 is 6.09 Å². The number of hydrogen-bond donors (Lipinski definition) is 1. The number of allylic oxidation sites excluding steroid dienone is 1. The molecule has 0 aromatic rings. The highest BCUT2D eigenvalue weighted by atomic mass is 127. The summed E-state index contributed by atoms with van der Waals surface area (Å²) in [6.07, 6.45) is 7.52. The molecule has 4 rings (SSSR count). The molecule has 3 aliphatic heterocycles. The second kappa shape index (κ2) is 10.3. The quantitative estimate of drug-likeness (QED) is 0.196. The molecule has 1 unspecified atom stereocenters. The first-order valence-electron chi connectivity index (χ1n) is 12.4. The first kappa shape index (κ1) is 27.2. The van der Waals surface area contributed by atoms with Crippen molar-refractivity contribution in [3.05, 3.63) is 11.6 Å². The Bertz CT molecular complexity index is 736. The van der Waals surface area contributed by atoms with Crippen LogP contribution in [0.5, 0.6) is 0 Å². The maximum Gasteiger partial charge on any atom is 0.407 e. The number of rotatable bonds is 8. The van der Waals surface area contributed by atoms with Crippen LogP contribution in [0.15, 0.2) is 11.6 Å². The van der Waals surface area contributed by atoms with Gasteiger partial charge in [-0.15, -0.1) is 0 Å². The molecule has 0 bridgehead atoms. The van der Waals surface area contributed by atoms with E-state index in [0.29, 0.717) is 12.6 Å². The maximum atomic E-state index is 12.6. The molecule has 1 N–H and O–H groups in total. The van der Waals surface area contributed by atoms with Crippen LogP contribution in [0.25, 0.3) is 0 Å². The van der Waals surface area contributed by atoms with Crippen LogP contribution in [0.2, 0.25) is 0 Å². The number of likely N-dealkylation sites (tertiary alicyclic amines) is 1. The van der Waals surface area contributed by atoms with Gasteiger partial charge in [-0.3, -0.25) is 0 Å². The maximum absolute atomic E-state index is 12.6. The van der Waals surface area contributed by atoms with E-state index in [0.717, 1.165) is 36.8 Å². The van der Waals surface area contributed by atoms with E-state index in [2.05, 4.69) is 46.3 Å². The summed E-state index contributed by atoms with van der Waals surface area (Å²) in [5.41, 5.74) is 0.787. The van der Waals surface area contributed by atoms with Crippen LogP contribution in [0.1, 0.15) is 59.3 Å². The number of hydrogen-bond acceptors (Lipinski definition) is 5. The third-order valence-electron chi connectivity index (χ3n) is 8.50. The van der Waals surface area contributed by atoms with Gasteiger partial charge in [0.25, 0.3) is 0 Å². The normalized spacial score (nSPS) is 40.6. The van der Waals surface area contributed by atoms with Crippen molar-refractivity contribution in [3.63, 3.8) is 0 Å². The highest BCUT2D eigenvalue weighted by molar-refractivity contribution is 5.67. The Balaban J connectivity index is 0.00000306. The van der Waals surface area contributed by atoms with E-state index in [1.54, 1.807) is 7.11 Å². The van der Waals surface area contributed by atoms with Crippen LogP contribution in [0.3, 0.4) is 0 Å². The van der Waals surface area contributed by atoms with E-state index in [4.69, 9.17) is 18.9 Å². The second-order valence-corrected chi connectivity index (χ2v) is 11.3. The summed E-state index contributed by atoms with van der Waals surface area (Å²) in [6.45, 7) is 8.99. The second-order valence-electron chi connectivity index (χ2n) is 11.3. The Morgan fingerprint density at radius 2 is 2.00 bits per heavy atom. The molecular formula is C25H43IN2O5. The molecule has 0 radical (unpaired) electrons. The average Bonchev–Trinajstić information content (AvgIpc) is 3.60. The standard InChI is InChI=1S/C25H42N2O5.HI/c1-17(2)9-10-20-24(3,32-20)22-21(29-6)19(11-13-25(22)16-30-25)31-23(28)26-14-12-18-8-7-15-27(18,4)5;/h9,18-22H,7-8,10-16H2,1-6H3;1H/t18?,19-,20-,21-,22-,24+,25+;/m1./s1. The van der Waals surface area contributed by atoms with Crippen LogP contribution in [0, 0.1) is 5.92 Å².